The molecular weight excluding hydrogens is 192 g/mol. The molecule has 92 valence electrons. The van der Waals surface area contributed by atoms with Gasteiger partial charge in [-0.3, -0.25) is 0 Å². The highest BCUT2D eigenvalue weighted by molar-refractivity contribution is 4.74. The Morgan fingerprint density at radius 1 is 1.00 bits per heavy atom. The summed E-state index contributed by atoms with van der Waals surface area (Å²) in [5.74, 6) is 0. The Hall–Kier alpha value is -0.120. The van der Waals surface area contributed by atoms with Crippen molar-refractivity contribution in [3.8, 4) is 0 Å². The summed E-state index contributed by atoms with van der Waals surface area (Å²) in [7, 11) is 3.43. The van der Waals surface area contributed by atoms with Gasteiger partial charge in [0.1, 0.15) is 0 Å². The largest absolute Gasteiger partial charge is 0.379 e. The topological polar surface area (TPSA) is 27.7 Å². The van der Waals surface area contributed by atoms with Crippen molar-refractivity contribution in [3.05, 3.63) is 0 Å². The van der Waals surface area contributed by atoms with Gasteiger partial charge in [-0.1, -0.05) is 0 Å². The van der Waals surface area contributed by atoms with Gasteiger partial charge < -0.3 is 14.2 Å². The minimum Gasteiger partial charge on any atom is -0.379 e. The van der Waals surface area contributed by atoms with Crippen LogP contribution in [0.1, 0.15) is 41.0 Å². The molecule has 0 aliphatic rings. The number of rotatable bonds is 6. The molecule has 15 heavy (non-hydrogen) atoms. The third-order valence-electron chi connectivity index (χ3n) is 2.31. The summed E-state index contributed by atoms with van der Waals surface area (Å²) in [5.41, 5.74) is -0.282. The summed E-state index contributed by atoms with van der Waals surface area (Å²) in [5, 5.41) is 0. The van der Waals surface area contributed by atoms with E-state index in [1.165, 1.54) is 0 Å². The van der Waals surface area contributed by atoms with E-state index in [0.717, 1.165) is 6.42 Å². The lowest BCUT2D eigenvalue weighted by atomic mass is 10.0. The highest BCUT2D eigenvalue weighted by Gasteiger charge is 2.24. The smallest absolute Gasteiger partial charge is 0.0832 e. The molecule has 0 aromatic heterocycles. The molecule has 0 aromatic carbocycles. The molecular formula is C12H26O3. The number of methoxy groups -OCH3 is 2. The van der Waals surface area contributed by atoms with Crippen molar-refractivity contribution in [2.75, 3.05) is 20.8 Å². The van der Waals surface area contributed by atoms with Gasteiger partial charge in [0, 0.05) is 20.6 Å². The van der Waals surface area contributed by atoms with E-state index in [0.29, 0.717) is 6.61 Å². The molecule has 0 aromatic rings. The maximum atomic E-state index is 5.69. The van der Waals surface area contributed by atoms with E-state index in [-0.39, 0.29) is 17.3 Å². The summed E-state index contributed by atoms with van der Waals surface area (Å²) in [4.78, 5) is 0. The Balaban J connectivity index is 4.04. The van der Waals surface area contributed by atoms with Gasteiger partial charge >= 0.3 is 0 Å². The Morgan fingerprint density at radius 2 is 1.53 bits per heavy atom. The van der Waals surface area contributed by atoms with Crippen LogP contribution < -0.4 is 0 Å². The summed E-state index contributed by atoms with van der Waals surface area (Å²) in [6.45, 7) is 10.8. The molecule has 0 N–H and O–H groups in total. The van der Waals surface area contributed by atoms with E-state index in [2.05, 4.69) is 13.8 Å². The van der Waals surface area contributed by atoms with Crippen molar-refractivity contribution in [2.24, 2.45) is 0 Å². The lowest BCUT2D eigenvalue weighted by molar-refractivity contribution is -0.0909. The first kappa shape index (κ1) is 14.9. The van der Waals surface area contributed by atoms with E-state index in [1.807, 2.05) is 20.8 Å². The van der Waals surface area contributed by atoms with Crippen LogP contribution in [0.3, 0.4) is 0 Å². The fraction of sp³-hybridized carbons (Fsp3) is 1.00. The monoisotopic (exact) mass is 218 g/mol. The van der Waals surface area contributed by atoms with E-state index in [4.69, 9.17) is 14.2 Å². The zero-order chi connectivity index (χ0) is 12.1. The van der Waals surface area contributed by atoms with Crippen LogP contribution in [-0.2, 0) is 14.2 Å². The third-order valence-corrected chi connectivity index (χ3v) is 2.31. The molecule has 0 saturated heterocycles. The summed E-state index contributed by atoms with van der Waals surface area (Å²) in [6.07, 6.45) is 0.912. The van der Waals surface area contributed by atoms with Gasteiger partial charge in [0.15, 0.2) is 0 Å². The van der Waals surface area contributed by atoms with Crippen molar-refractivity contribution < 1.29 is 14.2 Å². The van der Waals surface area contributed by atoms with Crippen molar-refractivity contribution in [2.45, 2.75) is 58.3 Å². The molecule has 0 rings (SSSR count). The zero-order valence-corrected chi connectivity index (χ0v) is 11.2. The summed E-state index contributed by atoms with van der Waals surface area (Å²) < 4.78 is 16.4. The number of ether oxygens (including phenoxy) is 3. The van der Waals surface area contributed by atoms with Gasteiger partial charge in [0.05, 0.1) is 23.9 Å². The SMILES string of the molecule is COC(COC(C)(C)C)CC(C)(C)OC. The van der Waals surface area contributed by atoms with Crippen LogP contribution in [0.5, 0.6) is 0 Å². The second kappa shape index (κ2) is 5.83. The number of hydrogen-bond acceptors (Lipinski definition) is 3. The highest BCUT2D eigenvalue weighted by Crippen LogP contribution is 2.19. The zero-order valence-electron chi connectivity index (χ0n) is 11.2. The van der Waals surface area contributed by atoms with Gasteiger partial charge in [0.25, 0.3) is 0 Å². The van der Waals surface area contributed by atoms with Gasteiger partial charge in [0.2, 0.25) is 0 Å². The maximum absolute atomic E-state index is 5.69. The first-order chi connectivity index (χ1) is 6.70. The van der Waals surface area contributed by atoms with Crippen LogP contribution >= 0.6 is 0 Å². The molecule has 0 heterocycles. The molecule has 3 heteroatoms. The Bertz CT molecular complexity index is 170. The Labute approximate surface area is 94.1 Å². The molecule has 0 amide bonds. The van der Waals surface area contributed by atoms with Gasteiger partial charge in [-0.2, -0.15) is 0 Å². The quantitative estimate of drug-likeness (QED) is 0.686. The standard InChI is InChI=1S/C12H26O3/c1-11(2,3)15-9-10(13-6)8-12(4,5)14-7/h10H,8-9H2,1-7H3. The molecule has 0 bridgehead atoms. The fourth-order valence-corrected chi connectivity index (χ4v) is 1.18. The van der Waals surface area contributed by atoms with E-state index in [9.17, 15) is 0 Å². The molecule has 1 unspecified atom stereocenters. The second-order valence-corrected chi connectivity index (χ2v) is 5.45. The Kier molecular flexibility index (Phi) is 5.78. The number of hydrogen-bond donors (Lipinski definition) is 0. The van der Waals surface area contributed by atoms with Gasteiger partial charge in [-0.15, -0.1) is 0 Å². The minimum atomic E-state index is -0.165. The van der Waals surface area contributed by atoms with Crippen LogP contribution in [0.15, 0.2) is 0 Å². The van der Waals surface area contributed by atoms with E-state index < -0.39 is 0 Å². The van der Waals surface area contributed by atoms with Crippen LogP contribution in [0.2, 0.25) is 0 Å². The predicted octanol–water partition coefficient (Wildman–Crippen LogP) is 2.63. The van der Waals surface area contributed by atoms with E-state index in [1.54, 1.807) is 14.2 Å². The van der Waals surface area contributed by atoms with Crippen molar-refractivity contribution in [1.29, 1.82) is 0 Å². The van der Waals surface area contributed by atoms with E-state index >= 15 is 0 Å². The molecule has 0 radical (unpaired) electrons. The van der Waals surface area contributed by atoms with Crippen molar-refractivity contribution in [1.82, 2.24) is 0 Å². The van der Waals surface area contributed by atoms with Gasteiger partial charge in [-0.25, -0.2) is 0 Å². The first-order valence-electron chi connectivity index (χ1n) is 5.42. The Morgan fingerprint density at radius 3 is 1.87 bits per heavy atom. The molecule has 0 saturated carbocycles. The molecule has 0 spiro atoms. The van der Waals surface area contributed by atoms with Crippen LogP contribution in [0.4, 0.5) is 0 Å². The van der Waals surface area contributed by atoms with Crippen molar-refractivity contribution >= 4 is 0 Å². The molecule has 1 atom stereocenters. The van der Waals surface area contributed by atoms with Crippen LogP contribution in [0.25, 0.3) is 0 Å². The van der Waals surface area contributed by atoms with Crippen LogP contribution in [0, 0.1) is 0 Å². The van der Waals surface area contributed by atoms with Gasteiger partial charge in [-0.05, 0) is 34.6 Å². The normalized spacial score (nSPS) is 15.4. The van der Waals surface area contributed by atoms with Crippen molar-refractivity contribution in [3.63, 3.8) is 0 Å². The lowest BCUT2D eigenvalue weighted by Gasteiger charge is -2.29. The summed E-state index contributed by atoms with van der Waals surface area (Å²) in [6, 6.07) is 0. The third kappa shape index (κ3) is 7.77. The average Bonchev–Trinajstić information content (AvgIpc) is 2.11. The fourth-order valence-electron chi connectivity index (χ4n) is 1.18. The maximum Gasteiger partial charge on any atom is 0.0832 e. The van der Waals surface area contributed by atoms with Crippen LogP contribution in [-0.4, -0.2) is 38.1 Å². The highest BCUT2D eigenvalue weighted by atomic mass is 16.5. The predicted molar refractivity (Wildman–Crippen MR) is 62.2 cm³/mol. The first-order valence-corrected chi connectivity index (χ1v) is 5.42. The molecule has 0 fully saturated rings. The second-order valence-electron chi connectivity index (χ2n) is 5.45. The minimum absolute atomic E-state index is 0.0826. The molecule has 0 aliphatic heterocycles. The lowest BCUT2D eigenvalue weighted by Crippen LogP contribution is -2.34. The average molecular weight is 218 g/mol. The molecule has 0 aliphatic carbocycles. The summed E-state index contributed by atoms with van der Waals surface area (Å²) >= 11 is 0. The molecule has 3 nitrogen and oxygen atoms in total.